The number of morpholine rings is 1. The van der Waals surface area contributed by atoms with Crippen LogP contribution >= 0.6 is 11.8 Å². The summed E-state index contributed by atoms with van der Waals surface area (Å²) in [6.45, 7) is 5.32. The van der Waals surface area contributed by atoms with Gasteiger partial charge < -0.3 is 14.2 Å². The maximum absolute atomic E-state index is 11.8. The highest BCUT2D eigenvalue weighted by atomic mass is 32.2. The average molecular weight is 447 g/mol. The van der Waals surface area contributed by atoms with E-state index in [-0.39, 0.29) is 10.1 Å². The van der Waals surface area contributed by atoms with E-state index in [4.69, 9.17) is 9.47 Å². The molecular formula is C21H26N4O5S. The lowest BCUT2D eigenvalue weighted by atomic mass is 10.2. The van der Waals surface area contributed by atoms with Crippen molar-refractivity contribution in [2.24, 2.45) is 10.2 Å². The van der Waals surface area contributed by atoms with Crippen LogP contribution in [0.15, 0.2) is 45.4 Å². The van der Waals surface area contributed by atoms with E-state index in [1.807, 2.05) is 24.3 Å². The third-order valence-electron chi connectivity index (χ3n) is 4.60. The number of nitrogens with zero attached hydrogens (tertiary/aromatic N) is 3. The van der Waals surface area contributed by atoms with Gasteiger partial charge in [0.1, 0.15) is 5.75 Å². The molecule has 2 saturated heterocycles. The first-order valence-electron chi connectivity index (χ1n) is 10.1. The number of hydrogen-bond donors (Lipinski definition) is 1. The van der Waals surface area contributed by atoms with Crippen LogP contribution in [0.1, 0.15) is 18.4 Å². The zero-order valence-corrected chi connectivity index (χ0v) is 18.2. The van der Waals surface area contributed by atoms with E-state index in [2.05, 4.69) is 25.2 Å². The summed E-state index contributed by atoms with van der Waals surface area (Å²) in [5, 5.41) is 10.9. The predicted molar refractivity (Wildman–Crippen MR) is 119 cm³/mol. The quantitative estimate of drug-likeness (QED) is 0.203. The smallest absolute Gasteiger partial charge is 0.331 e. The number of thioether (sulfide) groups is 1. The first-order valence-corrected chi connectivity index (χ1v) is 10.9. The maximum Gasteiger partial charge on any atom is 0.331 e. The molecule has 2 fully saturated rings. The maximum atomic E-state index is 11.8. The van der Waals surface area contributed by atoms with Crippen LogP contribution in [0.2, 0.25) is 0 Å². The minimum Gasteiger partial charge on any atom is -0.493 e. The highest BCUT2D eigenvalue weighted by Gasteiger charge is 2.25. The Bertz CT molecular complexity index is 865. The van der Waals surface area contributed by atoms with Crippen molar-refractivity contribution in [3.63, 3.8) is 0 Å². The van der Waals surface area contributed by atoms with Gasteiger partial charge in [0, 0.05) is 24.7 Å². The van der Waals surface area contributed by atoms with Crippen molar-refractivity contribution in [2.75, 3.05) is 46.6 Å². The van der Waals surface area contributed by atoms with E-state index >= 15 is 0 Å². The minimum atomic E-state index is -0.599. The summed E-state index contributed by atoms with van der Waals surface area (Å²) in [6.07, 6.45) is 4.73. The number of methoxy groups -OCH3 is 1. The number of carbonyl (C=O) groups excluding carboxylic acids is 2. The van der Waals surface area contributed by atoms with E-state index in [0.29, 0.717) is 6.61 Å². The Morgan fingerprint density at radius 2 is 2.10 bits per heavy atom. The molecule has 2 aliphatic rings. The van der Waals surface area contributed by atoms with E-state index in [0.717, 1.165) is 74.8 Å². The number of para-hydroxylation sites is 1. The van der Waals surface area contributed by atoms with Gasteiger partial charge in [-0.15, -0.1) is 5.10 Å². The summed E-state index contributed by atoms with van der Waals surface area (Å²) in [6, 6.07) is 7.57. The van der Waals surface area contributed by atoms with E-state index in [1.165, 1.54) is 7.11 Å². The Hall–Kier alpha value is -2.69. The Labute approximate surface area is 185 Å². The van der Waals surface area contributed by atoms with E-state index in [1.54, 1.807) is 6.21 Å². The Morgan fingerprint density at radius 3 is 2.90 bits per heavy atom. The number of benzene rings is 1. The topological polar surface area (TPSA) is 102 Å². The summed E-state index contributed by atoms with van der Waals surface area (Å²) < 4.78 is 15.8. The lowest BCUT2D eigenvalue weighted by Gasteiger charge is -2.26. The van der Waals surface area contributed by atoms with Crippen LogP contribution in [0.25, 0.3) is 0 Å². The molecule has 0 aliphatic carbocycles. The highest BCUT2D eigenvalue weighted by Crippen LogP contribution is 2.23. The molecule has 3 rings (SSSR count). The van der Waals surface area contributed by atoms with Gasteiger partial charge in [0.2, 0.25) is 0 Å². The summed E-state index contributed by atoms with van der Waals surface area (Å²) in [5.74, 6) is -0.282. The summed E-state index contributed by atoms with van der Waals surface area (Å²) in [5.41, 5.74) is 0.791. The predicted octanol–water partition coefficient (Wildman–Crippen LogP) is 1.79. The number of esters is 1. The summed E-state index contributed by atoms with van der Waals surface area (Å²) >= 11 is 1.03. The highest BCUT2D eigenvalue weighted by molar-refractivity contribution is 8.18. The normalized spacial score (nSPS) is 19.8. The second-order valence-electron chi connectivity index (χ2n) is 6.79. The molecule has 1 N–H and O–H groups in total. The van der Waals surface area contributed by atoms with Gasteiger partial charge in [0.25, 0.3) is 5.91 Å². The molecule has 9 nitrogen and oxygen atoms in total. The standard InChI is InChI=1S/C21H26N4O5S/c1-28-19(26)14-18-20(27)23-21(31-18)24-22-15-16-6-2-3-7-17(16)30-11-5-4-8-25-9-12-29-13-10-25/h2-3,6-7,14-15H,4-5,8-13H2,1H3,(H,23,24,27)/b18-14+,22-15?. The molecule has 166 valence electrons. The zero-order valence-electron chi connectivity index (χ0n) is 17.4. The van der Waals surface area contributed by atoms with Crippen LogP contribution in [0, 0.1) is 0 Å². The fourth-order valence-electron chi connectivity index (χ4n) is 2.95. The van der Waals surface area contributed by atoms with Crippen LogP contribution < -0.4 is 10.1 Å². The zero-order chi connectivity index (χ0) is 21.9. The van der Waals surface area contributed by atoms with Gasteiger partial charge in [-0.25, -0.2) is 4.79 Å². The molecule has 2 heterocycles. The largest absolute Gasteiger partial charge is 0.493 e. The third-order valence-corrected chi connectivity index (χ3v) is 5.50. The number of nitrogens with one attached hydrogen (secondary N) is 1. The monoisotopic (exact) mass is 446 g/mol. The molecule has 0 spiro atoms. The molecule has 0 atom stereocenters. The van der Waals surface area contributed by atoms with Crippen LogP contribution in [-0.2, 0) is 19.1 Å². The molecule has 0 bridgehead atoms. The van der Waals surface area contributed by atoms with Crippen molar-refractivity contribution in [2.45, 2.75) is 12.8 Å². The molecule has 2 aliphatic heterocycles. The van der Waals surface area contributed by atoms with Crippen molar-refractivity contribution in [3.05, 3.63) is 40.8 Å². The minimum absolute atomic E-state index is 0.210. The molecule has 1 aromatic carbocycles. The molecule has 10 heteroatoms. The van der Waals surface area contributed by atoms with Crippen molar-refractivity contribution < 1.29 is 23.8 Å². The Kier molecular flexibility index (Phi) is 9.07. The van der Waals surface area contributed by atoms with E-state index < -0.39 is 11.9 Å². The second-order valence-corrected chi connectivity index (χ2v) is 7.82. The average Bonchev–Trinajstić information content (AvgIpc) is 3.14. The van der Waals surface area contributed by atoms with Gasteiger partial charge in [-0.3, -0.25) is 15.0 Å². The van der Waals surface area contributed by atoms with Crippen molar-refractivity contribution in [3.8, 4) is 5.75 Å². The van der Waals surface area contributed by atoms with Gasteiger partial charge in [-0.2, -0.15) is 5.10 Å². The number of carbonyl (C=O) groups is 2. The Balaban J connectivity index is 1.48. The van der Waals surface area contributed by atoms with Crippen LogP contribution in [0.4, 0.5) is 0 Å². The van der Waals surface area contributed by atoms with Crippen molar-refractivity contribution >= 4 is 35.0 Å². The van der Waals surface area contributed by atoms with Gasteiger partial charge in [0.05, 0.1) is 38.1 Å². The number of amidine groups is 1. The summed E-state index contributed by atoms with van der Waals surface area (Å²) in [7, 11) is 1.25. The van der Waals surface area contributed by atoms with Gasteiger partial charge in [-0.1, -0.05) is 12.1 Å². The lowest BCUT2D eigenvalue weighted by molar-refractivity contribution is -0.135. The number of unbranched alkanes of at least 4 members (excludes halogenated alkanes) is 1. The molecular weight excluding hydrogens is 420 g/mol. The fourth-order valence-corrected chi connectivity index (χ4v) is 3.69. The van der Waals surface area contributed by atoms with Crippen molar-refractivity contribution in [1.29, 1.82) is 0 Å². The number of amides is 1. The first-order chi connectivity index (χ1) is 15.2. The fraction of sp³-hybridized carbons (Fsp3) is 0.429. The first kappa shape index (κ1) is 23.0. The molecule has 1 aromatic rings. The van der Waals surface area contributed by atoms with Crippen LogP contribution in [0.5, 0.6) is 5.75 Å². The van der Waals surface area contributed by atoms with Gasteiger partial charge in [0.15, 0.2) is 5.17 Å². The summed E-state index contributed by atoms with van der Waals surface area (Å²) in [4.78, 5) is 25.7. The van der Waals surface area contributed by atoms with Crippen LogP contribution in [0.3, 0.4) is 0 Å². The number of hydrogen-bond acceptors (Lipinski definition) is 9. The van der Waals surface area contributed by atoms with Crippen LogP contribution in [-0.4, -0.2) is 74.7 Å². The van der Waals surface area contributed by atoms with Gasteiger partial charge in [-0.05, 0) is 43.3 Å². The molecule has 0 unspecified atom stereocenters. The molecule has 0 saturated carbocycles. The molecule has 0 aromatic heterocycles. The SMILES string of the molecule is COC(=O)/C=C1/S/C(=N\N=Cc2ccccc2OCCCCN2CCOCC2)NC1=O. The Morgan fingerprint density at radius 1 is 1.29 bits per heavy atom. The van der Waals surface area contributed by atoms with Crippen molar-refractivity contribution in [1.82, 2.24) is 10.2 Å². The molecule has 0 radical (unpaired) electrons. The second kappa shape index (κ2) is 12.2. The number of rotatable bonds is 9. The van der Waals surface area contributed by atoms with E-state index in [9.17, 15) is 9.59 Å². The number of ether oxygens (including phenoxy) is 3. The third kappa shape index (κ3) is 7.50. The molecule has 1 amide bonds. The lowest BCUT2D eigenvalue weighted by Crippen LogP contribution is -2.36. The molecule has 31 heavy (non-hydrogen) atoms. The van der Waals surface area contributed by atoms with Gasteiger partial charge >= 0.3 is 5.97 Å².